The molecular formula is C25H28F4N6O. The Balaban J connectivity index is 0.840. The smallest absolute Gasteiger partial charge is 0.323 e. The van der Waals surface area contributed by atoms with Crippen LogP contribution in [-0.4, -0.2) is 62.2 Å². The number of carbonyl (C=O) groups excluding carboxylic acids is 1. The molecule has 5 aliphatic rings. The minimum atomic E-state index is -4.36. The lowest BCUT2D eigenvalue weighted by Crippen LogP contribution is -2.71. The molecular weight excluding hydrogens is 476 g/mol. The number of nitrogens with zero attached hydrogens (tertiary/aromatic N) is 5. The highest BCUT2D eigenvalue weighted by Crippen LogP contribution is 2.57. The van der Waals surface area contributed by atoms with Crippen molar-refractivity contribution in [1.82, 2.24) is 30.0 Å². The van der Waals surface area contributed by atoms with Gasteiger partial charge < -0.3 is 9.80 Å². The van der Waals surface area contributed by atoms with Gasteiger partial charge in [-0.05, 0) is 63.0 Å². The summed E-state index contributed by atoms with van der Waals surface area (Å²) in [4.78, 5) is 25.1. The number of urea groups is 1. The number of H-pyrrole nitrogens is 1. The highest BCUT2D eigenvalue weighted by Gasteiger charge is 2.59. The number of rotatable bonds is 4. The summed E-state index contributed by atoms with van der Waals surface area (Å²) in [5.74, 6) is 1.75. The predicted molar refractivity (Wildman–Crippen MR) is 119 cm³/mol. The minimum absolute atomic E-state index is 0.109. The average Bonchev–Trinajstić information content (AvgIpc) is 3.27. The van der Waals surface area contributed by atoms with E-state index in [-0.39, 0.29) is 22.8 Å². The SMILES string of the molecule is O=C(N1CC2(CC(Cc3ccc(C(F)(F)F)cn3)C2)C1)N1CC2(CC(c3nc(C4(F)CC4)n[nH]3)C2)C1. The van der Waals surface area contributed by atoms with E-state index in [9.17, 15) is 22.4 Å². The van der Waals surface area contributed by atoms with E-state index in [1.165, 1.54) is 6.07 Å². The van der Waals surface area contributed by atoms with E-state index in [0.717, 1.165) is 69.9 Å². The highest BCUT2D eigenvalue weighted by atomic mass is 19.4. The number of carbonyl (C=O) groups is 1. The lowest BCUT2D eigenvalue weighted by Gasteiger charge is -2.63. The second kappa shape index (κ2) is 7.19. The number of halogens is 4. The van der Waals surface area contributed by atoms with Gasteiger partial charge in [-0.15, -0.1) is 0 Å². The molecule has 2 aromatic rings. The lowest BCUT2D eigenvalue weighted by molar-refractivity contribution is -0.137. The molecule has 0 unspecified atom stereocenters. The van der Waals surface area contributed by atoms with E-state index in [0.29, 0.717) is 36.7 Å². The second-order valence-corrected chi connectivity index (χ2v) is 12.1. The number of hydrogen-bond acceptors (Lipinski definition) is 4. The summed E-state index contributed by atoms with van der Waals surface area (Å²) in [6.07, 6.45) is 2.13. The zero-order valence-electron chi connectivity index (χ0n) is 19.8. The summed E-state index contributed by atoms with van der Waals surface area (Å²) in [7, 11) is 0. The number of aromatic nitrogens is 4. The van der Waals surface area contributed by atoms with Crippen molar-refractivity contribution in [2.24, 2.45) is 16.7 Å². The fraction of sp³-hybridized carbons (Fsp3) is 0.680. The summed E-state index contributed by atoms with van der Waals surface area (Å²) in [5, 5.41) is 6.99. The predicted octanol–water partition coefficient (Wildman–Crippen LogP) is 4.43. The van der Waals surface area contributed by atoms with Crippen LogP contribution >= 0.6 is 0 Å². The molecule has 2 amide bonds. The normalized spacial score (nSPS) is 25.8. The highest BCUT2D eigenvalue weighted by molar-refractivity contribution is 5.77. The summed E-state index contributed by atoms with van der Waals surface area (Å²) in [5.41, 5.74) is -0.998. The average molecular weight is 505 g/mol. The Morgan fingerprint density at radius 1 is 1.03 bits per heavy atom. The van der Waals surface area contributed by atoms with Crippen molar-refractivity contribution in [1.29, 1.82) is 0 Å². The molecule has 36 heavy (non-hydrogen) atoms. The standard InChI is InChI=1S/C25H28F4N6O/c26-24(3-4-24)20-31-19(32-33-20)16-8-23(9-16)13-35(14-23)21(36)34-11-22(12-34)6-15(7-22)5-18-2-1-17(10-30-18)25(27,28)29/h1-2,10,15-16H,3-9,11-14H2,(H,31,32,33). The number of amides is 2. The molecule has 3 aliphatic carbocycles. The van der Waals surface area contributed by atoms with Gasteiger partial charge in [0.2, 0.25) is 0 Å². The first-order valence-electron chi connectivity index (χ1n) is 12.7. The summed E-state index contributed by atoms with van der Waals surface area (Å²) in [6, 6.07) is 2.68. The van der Waals surface area contributed by atoms with Gasteiger partial charge in [0.05, 0.1) is 5.56 Å². The Hall–Kier alpha value is -2.72. The van der Waals surface area contributed by atoms with Gasteiger partial charge in [-0.2, -0.15) is 18.3 Å². The third-order valence-corrected chi connectivity index (χ3v) is 9.08. The van der Waals surface area contributed by atoms with Crippen molar-refractivity contribution < 1.29 is 22.4 Å². The molecule has 0 aromatic carbocycles. The van der Waals surface area contributed by atoms with Gasteiger partial charge in [-0.25, -0.2) is 14.2 Å². The van der Waals surface area contributed by atoms with Crippen LogP contribution in [0.25, 0.3) is 0 Å². The number of hydrogen-bond donors (Lipinski definition) is 1. The third kappa shape index (κ3) is 3.60. The first-order valence-corrected chi connectivity index (χ1v) is 12.7. The molecule has 2 aromatic heterocycles. The summed E-state index contributed by atoms with van der Waals surface area (Å²) in [6.45, 7) is 3.06. The van der Waals surface area contributed by atoms with Crippen LogP contribution in [0.4, 0.5) is 22.4 Å². The number of likely N-dealkylation sites (tertiary alicyclic amines) is 2. The quantitative estimate of drug-likeness (QED) is 0.625. The van der Waals surface area contributed by atoms with E-state index < -0.39 is 17.4 Å². The Kier molecular flexibility index (Phi) is 4.49. The van der Waals surface area contributed by atoms with Crippen LogP contribution in [0.3, 0.4) is 0 Å². The van der Waals surface area contributed by atoms with Crippen LogP contribution < -0.4 is 0 Å². The summed E-state index contributed by atoms with van der Waals surface area (Å²) >= 11 is 0. The van der Waals surface area contributed by atoms with Crippen molar-refractivity contribution in [3.8, 4) is 0 Å². The largest absolute Gasteiger partial charge is 0.417 e. The molecule has 4 heterocycles. The van der Waals surface area contributed by atoms with E-state index in [1.54, 1.807) is 0 Å². The topological polar surface area (TPSA) is 78.0 Å². The molecule has 3 saturated carbocycles. The maximum Gasteiger partial charge on any atom is 0.417 e. The number of aromatic amines is 1. The molecule has 0 atom stereocenters. The Morgan fingerprint density at radius 3 is 2.22 bits per heavy atom. The fourth-order valence-corrected chi connectivity index (χ4v) is 7.00. The Labute approximate surface area is 205 Å². The zero-order valence-corrected chi connectivity index (χ0v) is 19.8. The van der Waals surface area contributed by atoms with Crippen LogP contribution in [0, 0.1) is 16.7 Å². The molecule has 2 saturated heterocycles. The molecule has 5 fully saturated rings. The second-order valence-electron chi connectivity index (χ2n) is 12.1. The number of alkyl halides is 4. The lowest BCUT2D eigenvalue weighted by atomic mass is 9.56. The maximum atomic E-state index is 14.1. The van der Waals surface area contributed by atoms with Crippen LogP contribution in [0.2, 0.25) is 0 Å². The maximum absolute atomic E-state index is 14.1. The van der Waals surface area contributed by atoms with Crippen molar-refractivity contribution in [3.63, 3.8) is 0 Å². The summed E-state index contributed by atoms with van der Waals surface area (Å²) < 4.78 is 52.2. The zero-order chi connectivity index (χ0) is 24.9. The minimum Gasteiger partial charge on any atom is -0.323 e. The molecule has 0 bridgehead atoms. The van der Waals surface area contributed by atoms with Gasteiger partial charge in [-0.3, -0.25) is 10.1 Å². The molecule has 11 heteroatoms. The van der Waals surface area contributed by atoms with Crippen molar-refractivity contribution in [2.45, 2.75) is 62.7 Å². The van der Waals surface area contributed by atoms with Crippen molar-refractivity contribution >= 4 is 6.03 Å². The Bertz CT molecular complexity index is 1180. The van der Waals surface area contributed by atoms with Crippen LogP contribution in [0.1, 0.15) is 67.3 Å². The fourth-order valence-electron chi connectivity index (χ4n) is 7.00. The van der Waals surface area contributed by atoms with Crippen molar-refractivity contribution in [3.05, 3.63) is 41.2 Å². The monoisotopic (exact) mass is 504 g/mol. The van der Waals surface area contributed by atoms with Gasteiger partial charge in [0.25, 0.3) is 0 Å². The molecule has 192 valence electrons. The van der Waals surface area contributed by atoms with E-state index in [1.807, 2.05) is 9.80 Å². The first kappa shape index (κ1) is 22.5. The van der Waals surface area contributed by atoms with Gasteiger partial charge in [0.15, 0.2) is 11.5 Å². The van der Waals surface area contributed by atoms with Crippen molar-refractivity contribution in [2.75, 3.05) is 26.2 Å². The molecule has 2 aliphatic heterocycles. The molecule has 7 rings (SSSR count). The molecule has 0 radical (unpaired) electrons. The van der Waals surface area contributed by atoms with E-state index >= 15 is 0 Å². The molecule has 7 nitrogen and oxygen atoms in total. The van der Waals surface area contributed by atoms with Crippen LogP contribution in [0.5, 0.6) is 0 Å². The number of nitrogens with one attached hydrogen (secondary N) is 1. The first-order chi connectivity index (χ1) is 17.0. The van der Waals surface area contributed by atoms with Gasteiger partial charge in [0.1, 0.15) is 5.82 Å². The van der Waals surface area contributed by atoms with Crippen LogP contribution in [-0.2, 0) is 18.3 Å². The van der Waals surface area contributed by atoms with E-state index in [4.69, 9.17) is 0 Å². The van der Waals surface area contributed by atoms with Gasteiger partial charge in [0, 0.05) is 54.8 Å². The molecule has 1 N–H and O–H groups in total. The van der Waals surface area contributed by atoms with Gasteiger partial charge >= 0.3 is 12.2 Å². The number of pyridine rings is 1. The van der Waals surface area contributed by atoms with Crippen LogP contribution in [0.15, 0.2) is 18.3 Å². The Morgan fingerprint density at radius 2 is 1.67 bits per heavy atom. The van der Waals surface area contributed by atoms with E-state index in [2.05, 4.69) is 20.2 Å². The van der Waals surface area contributed by atoms with Gasteiger partial charge in [-0.1, -0.05) is 0 Å². The third-order valence-electron chi connectivity index (χ3n) is 9.08. The molecule has 2 spiro atoms.